The van der Waals surface area contributed by atoms with Gasteiger partial charge in [-0.25, -0.2) is 8.42 Å². The lowest BCUT2D eigenvalue weighted by Crippen LogP contribution is -2.48. The first kappa shape index (κ1) is 16.9. The highest BCUT2D eigenvalue weighted by molar-refractivity contribution is 7.90. The van der Waals surface area contributed by atoms with Crippen LogP contribution < -0.4 is 5.32 Å². The summed E-state index contributed by atoms with van der Waals surface area (Å²) in [4.78, 5) is 0. The molecule has 114 valence electrons. The molecule has 0 radical (unpaired) electrons. The van der Waals surface area contributed by atoms with E-state index >= 15 is 0 Å². The van der Waals surface area contributed by atoms with Crippen molar-refractivity contribution < 1.29 is 13.2 Å². The van der Waals surface area contributed by atoms with E-state index in [0.29, 0.717) is 0 Å². The Balaban J connectivity index is 2.90. The van der Waals surface area contributed by atoms with Crippen molar-refractivity contribution in [1.82, 2.24) is 5.32 Å². The predicted octanol–water partition coefficient (Wildman–Crippen LogP) is 1.99. The highest BCUT2D eigenvalue weighted by Crippen LogP contribution is 2.43. The van der Waals surface area contributed by atoms with Crippen LogP contribution in [-0.2, 0) is 14.6 Å². The quantitative estimate of drug-likeness (QED) is 0.813. The SMILES string of the molecule is CCCNC(CS(C)(=O)=O)C1CC(C)(C)OC1(C)C. The summed E-state index contributed by atoms with van der Waals surface area (Å²) in [6.45, 7) is 11.2. The van der Waals surface area contributed by atoms with E-state index in [2.05, 4.69) is 39.9 Å². The number of nitrogens with one attached hydrogen (secondary N) is 1. The zero-order chi connectivity index (χ0) is 14.9. The number of hydrogen-bond donors (Lipinski definition) is 1. The molecule has 0 amide bonds. The molecule has 1 rings (SSSR count). The van der Waals surface area contributed by atoms with Crippen molar-refractivity contribution in [2.24, 2.45) is 5.92 Å². The van der Waals surface area contributed by atoms with Crippen molar-refractivity contribution in [1.29, 1.82) is 0 Å². The Morgan fingerprint density at radius 2 is 1.89 bits per heavy atom. The van der Waals surface area contributed by atoms with Gasteiger partial charge in [0.05, 0.1) is 17.0 Å². The third-order valence-electron chi connectivity index (χ3n) is 3.77. The fourth-order valence-corrected chi connectivity index (χ4v) is 4.21. The van der Waals surface area contributed by atoms with E-state index in [4.69, 9.17) is 4.74 Å². The second kappa shape index (κ2) is 5.70. The summed E-state index contributed by atoms with van der Waals surface area (Å²) in [5.41, 5.74) is -0.475. The van der Waals surface area contributed by atoms with Gasteiger partial charge in [-0.05, 0) is 47.1 Å². The molecule has 0 aromatic heterocycles. The average molecular weight is 291 g/mol. The zero-order valence-electron chi connectivity index (χ0n) is 13.1. The van der Waals surface area contributed by atoms with Gasteiger partial charge >= 0.3 is 0 Å². The summed E-state index contributed by atoms with van der Waals surface area (Å²) < 4.78 is 29.4. The second-order valence-electron chi connectivity index (χ2n) is 6.93. The summed E-state index contributed by atoms with van der Waals surface area (Å²) >= 11 is 0. The molecule has 1 aliphatic heterocycles. The van der Waals surface area contributed by atoms with Gasteiger partial charge in [0.1, 0.15) is 9.84 Å². The molecule has 0 saturated carbocycles. The van der Waals surface area contributed by atoms with E-state index in [1.165, 1.54) is 6.26 Å². The normalized spacial score (nSPS) is 27.4. The average Bonchev–Trinajstić information content (AvgIpc) is 2.39. The van der Waals surface area contributed by atoms with Crippen molar-refractivity contribution in [3.05, 3.63) is 0 Å². The summed E-state index contributed by atoms with van der Waals surface area (Å²) in [5, 5.41) is 3.40. The Hall–Kier alpha value is -0.130. The van der Waals surface area contributed by atoms with Gasteiger partial charge in [-0.15, -0.1) is 0 Å². The standard InChI is InChI=1S/C14H29NO3S/c1-7-8-15-12(10-19(6,16)17)11-9-13(2,3)18-14(11,4)5/h11-12,15H,7-10H2,1-6H3. The third-order valence-corrected chi connectivity index (χ3v) is 4.73. The van der Waals surface area contributed by atoms with Crippen LogP contribution in [0, 0.1) is 5.92 Å². The molecule has 4 nitrogen and oxygen atoms in total. The van der Waals surface area contributed by atoms with Crippen LogP contribution in [0.5, 0.6) is 0 Å². The highest BCUT2D eigenvalue weighted by Gasteiger charge is 2.49. The first-order valence-corrected chi connectivity index (χ1v) is 9.14. The lowest BCUT2D eigenvalue weighted by atomic mass is 9.82. The number of sulfone groups is 1. The maximum atomic E-state index is 11.7. The fourth-order valence-electron chi connectivity index (χ4n) is 3.20. The Morgan fingerprint density at radius 3 is 2.26 bits per heavy atom. The van der Waals surface area contributed by atoms with Crippen molar-refractivity contribution in [2.45, 2.75) is 64.7 Å². The second-order valence-corrected chi connectivity index (χ2v) is 9.11. The van der Waals surface area contributed by atoms with Crippen LogP contribution in [0.3, 0.4) is 0 Å². The summed E-state index contributed by atoms with van der Waals surface area (Å²) in [5.74, 6) is 0.393. The van der Waals surface area contributed by atoms with E-state index in [9.17, 15) is 8.42 Å². The van der Waals surface area contributed by atoms with Crippen molar-refractivity contribution in [3.8, 4) is 0 Å². The minimum atomic E-state index is -3.00. The molecule has 2 unspecified atom stereocenters. The Morgan fingerprint density at radius 1 is 1.32 bits per heavy atom. The zero-order valence-corrected chi connectivity index (χ0v) is 13.9. The third kappa shape index (κ3) is 5.04. The molecule has 0 aliphatic carbocycles. The van der Waals surface area contributed by atoms with Crippen molar-refractivity contribution in [2.75, 3.05) is 18.6 Å². The highest BCUT2D eigenvalue weighted by atomic mass is 32.2. The van der Waals surface area contributed by atoms with Gasteiger partial charge in [-0.1, -0.05) is 6.92 Å². The van der Waals surface area contributed by atoms with Crippen LogP contribution >= 0.6 is 0 Å². The van der Waals surface area contributed by atoms with Gasteiger partial charge < -0.3 is 10.1 Å². The molecule has 19 heavy (non-hydrogen) atoms. The number of rotatable bonds is 6. The molecule has 0 aromatic rings. The molecule has 0 bridgehead atoms. The molecular formula is C14H29NO3S. The van der Waals surface area contributed by atoms with Crippen LogP contribution in [0.2, 0.25) is 0 Å². The van der Waals surface area contributed by atoms with Crippen LogP contribution in [-0.4, -0.2) is 44.2 Å². The molecular weight excluding hydrogens is 262 g/mol. The minimum Gasteiger partial charge on any atom is -0.369 e. The van der Waals surface area contributed by atoms with Crippen LogP contribution in [0.15, 0.2) is 0 Å². The van der Waals surface area contributed by atoms with Gasteiger partial charge in [-0.2, -0.15) is 0 Å². The molecule has 1 fully saturated rings. The molecule has 5 heteroatoms. The van der Waals surface area contributed by atoms with Gasteiger partial charge in [0.25, 0.3) is 0 Å². The monoisotopic (exact) mass is 291 g/mol. The minimum absolute atomic E-state index is 0.0354. The van der Waals surface area contributed by atoms with Gasteiger partial charge in [0.2, 0.25) is 0 Å². The van der Waals surface area contributed by atoms with E-state index in [1.54, 1.807) is 0 Å². The first-order valence-electron chi connectivity index (χ1n) is 7.08. The molecule has 0 aromatic carbocycles. The smallest absolute Gasteiger partial charge is 0.148 e. The van der Waals surface area contributed by atoms with Crippen molar-refractivity contribution >= 4 is 9.84 Å². The lowest BCUT2D eigenvalue weighted by molar-refractivity contribution is -0.0769. The largest absolute Gasteiger partial charge is 0.369 e. The van der Waals surface area contributed by atoms with E-state index in [1.807, 2.05) is 0 Å². The maximum Gasteiger partial charge on any atom is 0.148 e. The molecule has 1 heterocycles. The van der Waals surface area contributed by atoms with Crippen LogP contribution in [0.4, 0.5) is 0 Å². The lowest BCUT2D eigenvalue weighted by Gasteiger charge is -2.33. The topological polar surface area (TPSA) is 55.4 Å². The summed E-state index contributed by atoms with van der Waals surface area (Å²) in [7, 11) is -3.00. The number of ether oxygens (including phenoxy) is 1. The van der Waals surface area contributed by atoms with Crippen LogP contribution in [0.1, 0.15) is 47.5 Å². The van der Waals surface area contributed by atoms with Crippen molar-refractivity contribution in [3.63, 3.8) is 0 Å². The van der Waals surface area contributed by atoms with Gasteiger partial charge in [0, 0.05) is 18.2 Å². The van der Waals surface area contributed by atoms with Crippen LogP contribution in [0.25, 0.3) is 0 Å². The molecule has 1 saturated heterocycles. The fraction of sp³-hybridized carbons (Fsp3) is 1.00. The Kier molecular flexibility index (Phi) is 5.08. The molecule has 2 atom stereocenters. The molecule has 0 spiro atoms. The van der Waals surface area contributed by atoms with E-state index in [-0.39, 0.29) is 28.9 Å². The Labute approximate surface area is 118 Å². The van der Waals surface area contributed by atoms with Gasteiger partial charge in [0.15, 0.2) is 0 Å². The summed E-state index contributed by atoms with van der Waals surface area (Å²) in [6.07, 6.45) is 3.19. The summed E-state index contributed by atoms with van der Waals surface area (Å²) in [6, 6.07) is -0.0354. The molecule has 1 aliphatic rings. The molecule has 1 N–H and O–H groups in total. The Bertz CT molecular complexity index is 401. The predicted molar refractivity (Wildman–Crippen MR) is 79.1 cm³/mol. The number of hydrogen-bond acceptors (Lipinski definition) is 4. The maximum absolute atomic E-state index is 11.7. The van der Waals surface area contributed by atoms with E-state index < -0.39 is 9.84 Å². The van der Waals surface area contributed by atoms with Gasteiger partial charge in [-0.3, -0.25) is 0 Å². The van der Waals surface area contributed by atoms with E-state index in [0.717, 1.165) is 19.4 Å². The first-order chi connectivity index (χ1) is 8.47.